The molecule has 0 heterocycles. The summed E-state index contributed by atoms with van der Waals surface area (Å²) in [5.41, 5.74) is 1.12. The fourth-order valence-corrected chi connectivity index (χ4v) is 1.86. The van der Waals surface area contributed by atoms with Gasteiger partial charge in [0.1, 0.15) is 5.75 Å². The zero-order valence-corrected chi connectivity index (χ0v) is 13.3. The first-order valence-electron chi connectivity index (χ1n) is 6.78. The molecule has 114 valence electrons. The van der Waals surface area contributed by atoms with E-state index in [9.17, 15) is 4.79 Å². The Bertz CT molecular complexity index is 399. The number of carbonyl (C=O) groups is 1. The van der Waals surface area contributed by atoms with Crippen molar-refractivity contribution in [3.8, 4) is 5.75 Å². The Kier molecular flexibility index (Phi) is 9.86. The Morgan fingerprint density at radius 3 is 2.80 bits per heavy atom. The molecule has 1 aromatic rings. The number of ether oxygens (including phenoxy) is 1. The van der Waals surface area contributed by atoms with E-state index in [2.05, 4.69) is 24.5 Å². The molecule has 0 fully saturated rings. The maximum atomic E-state index is 11.7. The molecule has 0 spiro atoms. The predicted octanol–water partition coefficient (Wildman–Crippen LogP) is 2.16. The van der Waals surface area contributed by atoms with E-state index in [-0.39, 0.29) is 18.3 Å². The molecule has 5 heteroatoms. The number of benzene rings is 1. The van der Waals surface area contributed by atoms with Crippen molar-refractivity contribution >= 4 is 18.3 Å². The number of rotatable bonds is 8. The van der Waals surface area contributed by atoms with E-state index in [0.717, 1.165) is 24.3 Å². The molecule has 1 aromatic carbocycles. The van der Waals surface area contributed by atoms with Gasteiger partial charge in [-0.05, 0) is 37.6 Å². The highest BCUT2D eigenvalue weighted by atomic mass is 35.5. The number of aryl methyl sites for hydroxylation is 1. The molecule has 4 nitrogen and oxygen atoms in total. The summed E-state index contributed by atoms with van der Waals surface area (Å²) in [6.07, 6.45) is 1.24. The minimum Gasteiger partial charge on any atom is -0.497 e. The van der Waals surface area contributed by atoms with Crippen molar-refractivity contribution in [2.45, 2.75) is 32.7 Å². The summed E-state index contributed by atoms with van der Waals surface area (Å²) in [5, 5.41) is 6.19. The maximum absolute atomic E-state index is 11.7. The number of methoxy groups -OCH3 is 1. The van der Waals surface area contributed by atoms with Gasteiger partial charge in [-0.2, -0.15) is 0 Å². The zero-order chi connectivity index (χ0) is 14.1. The topological polar surface area (TPSA) is 50.4 Å². The van der Waals surface area contributed by atoms with Crippen LogP contribution in [0.1, 0.15) is 25.8 Å². The molecule has 1 amide bonds. The summed E-state index contributed by atoms with van der Waals surface area (Å²) in [6.45, 7) is 5.71. The number of hydrogen-bond acceptors (Lipinski definition) is 3. The van der Waals surface area contributed by atoms with Crippen molar-refractivity contribution in [2.75, 3.05) is 20.2 Å². The van der Waals surface area contributed by atoms with Crippen LogP contribution >= 0.6 is 12.4 Å². The van der Waals surface area contributed by atoms with Crippen molar-refractivity contribution in [2.24, 2.45) is 0 Å². The predicted molar refractivity (Wildman–Crippen MR) is 84.7 cm³/mol. The molecule has 20 heavy (non-hydrogen) atoms. The molecule has 0 aromatic heterocycles. The Balaban J connectivity index is 0.00000361. The van der Waals surface area contributed by atoms with Crippen LogP contribution in [-0.2, 0) is 11.2 Å². The molecule has 0 aliphatic carbocycles. The van der Waals surface area contributed by atoms with Crippen molar-refractivity contribution in [3.05, 3.63) is 29.8 Å². The first-order chi connectivity index (χ1) is 9.15. The summed E-state index contributed by atoms with van der Waals surface area (Å²) in [4.78, 5) is 11.7. The highest BCUT2D eigenvalue weighted by Crippen LogP contribution is 2.13. The van der Waals surface area contributed by atoms with E-state index < -0.39 is 0 Å². The summed E-state index contributed by atoms with van der Waals surface area (Å²) in [7, 11) is 1.65. The van der Waals surface area contributed by atoms with Gasteiger partial charge in [0.15, 0.2) is 0 Å². The van der Waals surface area contributed by atoms with Gasteiger partial charge in [0.25, 0.3) is 0 Å². The van der Waals surface area contributed by atoms with Crippen molar-refractivity contribution in [1.82, 2.24) is 10.6 Å². The van der Waals surface area contributed by atoms with Crippen LogP contribution in [-0.4, -0.2) is 32.1 Å². The van der Waals surface area contributed by atoms with E-state index in [1.54, 1.807) is 7.11 Å². The Morgan fingerprint density at radius 2 is 2.15 bits per heavy atom. The smallest absolute Gasteiger partial charge is 0.220 e. The molecule has 1 rings (SSSR count). The Hall–Kier alpha value is -1.26. The van der Waals surface area contributed by atoms with Gasteiger partial charge in [-0.1, -0.05) is 19.1 Å². The molecular formula is C15H25ClN2O2. The second-order valence-electron chi connectivity index (χ2n) is 4.61. The van der Waals surface area contributed by atoms with Gasteiger partial charge in [-0.25, -0.2) is 0 Å². The molecule has 0 bridgehead atoms. The fourth-order valence-electron chi connectivity index (χ4n) is 1.86. The standard InChI is InChI=1S/C15H24N2O2.ClH/c1-4-16-12(2)11-17-15(18)9-8-13-6-5-7-14(10-13)19-3;/h5-7,10,12,16H,4,8-9,11H2,1-3H3,(H,17,18);1H/t12-;/m1./s1. The quantitative estimate of drug-likeness (QED) is 0.773. The first-order valence-corrected chi connectivity index (χ1v) is 6.78. The van der Waals surface area contributed by atoms with E-state index in [1.807, 2.05) is 24.3 Å². The third kappa shape index (κ3) is 7.36. The minimum absolute atomic E-state index is 0. The monoisotopic (exact) mass is 300 g/mol. The molecule has 0 saturated carbocycles. The van der Waals surface area contributed by atoms with Gasteiger partial charge in [-0.3, -0.25) is 4.79 Å². The fraction of sp³-hybridized carbons (Fsp3) is 0.533. The minimum atomic E-state index is 0. The van der Waals surface area contributed by atoms with Gasteiger partial charge in [-0.15, -0.1) is 12.4 Å². The number of likely N-dealkylation sites (N-methyl/N-ethyl adjacent to an activating group) is 1. The van der Waals surface area contributed by atoms with Crippen molar-refractivity contribution < 1.29 is 9.53 Å². The van der Waals surface area contributed by atoms with Crippen LogP contribution in [0, 0.1) is 0 Å². The van der Waals surface area contributed by atoms with Crippen LogP contribution in [0.25, 0.3) is 0 Å². The lowest BCUT2D eigenvalue weighted by Crippen LogP contribution is -2.38. The lowest BCUT2D eigenvalue weighted by Gasteiger charge is -2.13. The second-order valence-corrected chi connectivity index (χ2v) is 4.61. The number of carbonyl (C=O) groups excluding carboxylic acids is 1. The highest BCUT2D eigenvalue weighted by Gasteiger charge is 2.05. The molecular weight excluding hydrogens is 276 g/mol. The summed E-state index contributed by atoms with van der Waals surface area (Å²) in [6, 6.07) is 8.14. The Morgan fingerprint density at radius 1 is 1.40 bits per heavy atom. The van der Waals surface area contributed by atoms with Gasteiger partial charge in [0, 0.05) is 19.0 Å². The van der Waals surface area contributed by atoms with E-state index in [4.69, 9.17) is 4.74 Å². The molecule has 0 saturated heterocycles. The van der Waals surface area contributed by atoms with Crippen LogP contribution in [0.4, 0.5) is 0 Å². The van der Waals surface area contributed by atoms with E-state index in [1.165, 1.54) is 0 Å². The van der Waals surface area contributed by atoms with Crippen LogP contribution in [0.15, 0.2) is 24.3 Å². The average molecular weight is 301 g/mol. The number of hydrogen-bond donors (Lipinski definition) is 2. The molecule has 1 atom stereocenters. The van der Waals surface area contributed by atoms with Crippen LogP contribution < -0.4 is 15.4 Å². The molecule has 2 N–H and O–H groups in total. The van der Waals surface area contributed by atoms with Gasteiger partial charge >= 0.3 is 0 Å². The van der Waals surface area contributed by atoms with Crippen molar-refractivity contribution in [1.29, 1.82) is 0 Å². The molecule has 0 aliphatic rings. The molecule has 0 unspecified atom stereocenters. The number of nitrogens with one attached hydrogen (secondary N) is 2. The second kappa shape index (κ2) is 10.5. The summed E-state index contributed by atoms with van der Waals surface area (Å²) >= 11 is 0. The lowest BCUT2D eigenvalue weighted by atomic mass is 10.1. The van der Waals surface area contributed by atoms with Gasteiger partial charge in [0.05, 0.1) is 7.11 Å². The zero-order valence-electron chi connectivity index (χ0n) is 12.4. The van der Waals surface area contributed by atoms with Crippen LogP contribution in [0.2, 0.25) is 0 Å². The normalized spacial score (nSPS) is 11.3. The van der Waals surface area contributed by atoms with Gasteiger partial charge in [0.2, 0.25) is 5.91 Å². The largest absolute Gasteiger partial charge is 0.497 e. The number of halogens is 1. The van der Waals surface area contributed by atoms with Gasteiger partial charge < -0.3 is 15.4 Å². The third-order valence-corrected chi connectivity index (χ3v) is 2.93. The first kappa shape index (κ1) is 18.7. The summed E-state index contributed by atoms with van der Waals surface area (Å²) < 4.78 is 5.16. The van der Waals surface area contributed by atoms with E-state index >= 15 is 0 Å². The average Bonchev–Trinajstić information content (AvgIpc) is 2.43. The SMILES string of the molecule is CCN[C@H](C)CNC(=O)CCc1cccc(OC)c1.Cl. The van der Waals surface area contributed by atoms with Crippen molar-refractivity contribution in [3.63, 3.8) is 0 Å². The molecule has 0 aliphatic heterocycles. The highest BCUT2D eigenvalue weighted by molar-refractivity contribution is 5.85. The van der Waals surface area contributed by atoms with Crippen LogP contribution in [0.5, 0.6) is 5.75 Å². The van der Waals surface area contributed by atoms with Crippen LogP contribution in [0.3, 0.4) is 0 Å². The number of amides is 1. The molecule has 0 radical (unpaired) electrons. The van der Waals surface area contributed by atoms with E-state index in [0.29, 0.717) is 19.0 Å². The summed E-state index contributed by atoms with van der Waals surface area (Å²) in [5.74, 6) is 0.922. The lowest BCUT2D eigenvalue weighted by molar-refractivity contribution is -0.121. The maximum Gasteiger partial charge on any atom is 0.220 e. The third-order valence-electron chi connectivity index (χ3n) is 2.93. The Labute approximate surface area is 127 Å².